The first-order valence-electron chi connectivity index (χ1n) is 11.8. The van der Waals surface area contributed by atoms with Crippen LogP contribution in [-0.4, -0.2) is 40.8 Å². The van der Waals surface area contributed by atoms with Gasteiger partial charge in [0.25, 0.3) is 0 Å². The molecular formula is C29H26N2O3. The summed E-state index contributed by atoms with van der Waals surface area (Å²) >= 11 is 0. The third kappa shape index (κ3) is 3.53. The molecule has 1 amide bonds. The number of nitrogens with zero attached hydrogens (tertiary/aromatic N) is 2. The van der Waals surface area contributed by atoms with Gasteiger partial charge in [-0.1, -0.05) is 66.7 Å². The highest BCUT2D eigenvalue weighted by atomic mass is 16.6. The van der Waals surface area contributed by atoms with Gasteiger partial charge in [-0.05, 0) is 47.2 Å². The predicted molar refractivity (Wildman–Crippen MR) is 132 cm³/mol. The molecule has 5 heteroatoms. The number of aromatic nitrogens is 1. The van der Waals surface area contributed by atoms with E-state index in [1.54, 1.807) is 11.1 Å². The molecule has 6 rings (SSSR count). The van der Waals surface area contributed by atoms with Crippen LogP contribution in [0.5, 0.6) is 0 Å². The Balaban J connectivity index is 1.12. The molecule has 0 atom stereocenters. The molecule has 4 aromatic rings. The minimum atomic E-state index is -0.989. The van der Waals surface area contributed by atoms with Crippen molar-refractivity contribution in [2.24, 2.45) is 0 Å². The SMILES string of the molecule is O=C(OCC1c2ccccc2-c2ccccc21)N1CCC(O)(c2cnc3ccccc3c2)CC1. The molecule has 0 saturated carbocycles. The lowest BCUT2D eigenvalue weighted by atomic mass is 9.85. The van der Waals surface area contributed by atoms with Crippen LogP contribution in [0.2, 0.25) is 0 Å². The lowest BCUT2D eigenvalue weighted by molar-refractivity contribution is -0.0251. The van der Waals surface area contributed by atoms with Gasteiger partial charge < -0.3 is 14.7 Å². The number of benzene rings is 3. The molecule has 170 valence electrons. The van der Waals surface area contributed by atoms with Crippen LogP contribution in [0.15, 0.2) is 85.1 Å². The molecule has 1 aliphatic carbocycles. The second-order valence-electron chi connectivity index (χ2n) is 9.24. The van der Waals surface area contributed by atoms with Crippen LogP contribution >= 0.6 is 0 Å². The monoisotopic (exact) mass is 450 g/mol. The Morgan fingerprint density at radius 2 is 1.56 bits per heavy atom. The summed E-state index contributed by atoms with van der Waals surface area (Å²) in [6, 6.07) is 26.5. The van der Waals surface area contributed by atoms with E-state index < -0.39 is 5.60 Å². The molecule has 1 aliphatic heterocycles. The quantitative estimate of drug-likeness (QED) is 0.450. The van der Waals surface area contributed by atoms with Crippen LogP contribution < -0.4 is 0 Å². The highest BCUT2D eigenvalue weighted by Crippen LogP contribution is 2.44. The first kappa shape index (κ1) is 20.9. The van der Waals surface area contributed by atoms with E-state index >= 15 is 0 Å². The van der Waals surface area contributed by atoms with Gasteiger partial charge in [0.2, 0.25) is 0 Å². The summed E-state index contributed by atoms with van der Waals surface area (Å²) < 4.78 is 5.80. The van der Waals surface area contributed by atoms with Gasteiger partial charge in [0.1, 0.15) is 6.61 Å². The number of fused-ring (bicyclic) bond motifs is 4. The average molecular weight is 451 g/mol. The minimum Gasteiger partial charge on any atom is -0.448 e. The molecule has 1 aromatic heterocycles. The number of para-hydroxylation sites is 1. The van der Waals surface area contributed by atoms with E-state index in [4.69, 9.17) is 4.74 Å². The number of carbonyl (C=O) groups excluding carboxylic acids is 1. The van der Waals surface area contributed by atoms with E-state index in [9.17, 15) is 9.90 Å². The van der Waals surface area contributed by atoms with Crippen molar-refractivity contribution in [3.05, 3.63) is 102 Å². The Bertz CT molecular complexity index is 1330. The number of pyridine rings is 1. The lowest BCUT2D eigenvalue weighted by Crippen LogP contribution is -2.45. The van der Waals surface area contributed by atoms with Gasteiger partial charge in [0, 0.05) is 36.2 Å². The molecule has 5 nitrogen and oxygen atoms in total. The van der Waals surface area contributed by atoms with Gasteiger partial charge in [-0.15, -0.1) is 0 Å². The highest BCUT2D eigenvalue weighted by Gasteiger charge is 2.37. The first-order chi connectivity index (χ1) is 16.6. The largest absolute Gasteiger partial charge is 0.448 e. The van der Waals surface area contributed by atoms with Gasteiger partial charge in [-0.3, -0.25) is 4.98 Å². The van der Waals surface area contributed by atoms with Crippen molar-refractivity contribution in [1.29, 1.82) is 0 Å². The maximum atomic E-state index is 12.9. The summed E-state index contributed by atoms with van der Waals surface area (Å²) in [4.78, 5) is 19.1. The maximum Gasteiger partial charge on any atom is 0.409 e. The van der Waals surface area contributed by atoms with Gasteiger partial charge in [0.15, 0.2) is 0 Å². The summed E-state index contributed by atoms with van der Waals surface area (Å²) in [5, 5.41) is 12.3. The zero-order valence-electron chi connectivity index (χ0n) is 18.9. The fourth-order valence-electron chi connectivity index (χ4n) is 5.36. The molecule has 2 aliphatic rings. The highest BCUT2D eigenvalue weighted by molar-refractivity contribution is 5.80. The molecule has 0 spiro atoms. The molecule has 1 N–H and O–H groups in total. The van der Waals surface area contributed by atoms with Crippen molar-refractivity contribution < 1.29 is 14.6 Å². The van der Waals surface area contributed by atoms with Gasteiger partial charge >= 0.3 is 6.09 Å². The summed E-state index contributed by atoms with van der Waals surface area (Å²) in [5.41, 5.74) is 5.56. The van der Waals surface area contributed by atoms with Crippen molar-refractivity contribution in [2.45, 2.75) is 24.4 Å². The molecule has 0 bridgehead atoms. The van der Waals surface area contributed by atoms with Crippen molar-refractivity contribution in [3.8, 4) is 11.1 Å². The van der Waals surface area contributed by atoms with Gasteiger partial charge in [-0.2, -0.15) is 0 Å². The fourth-order valence-corrected chi connectivity index (χ4v) is 5.36. The summed E-state index contributed by atoms with van der Waals surface area (Å²) in [7, 11) is 0. The van der Waals surface area contributed by atoms with Crippen LogP contribution in [0, 0.1) is 0 Å². The molecule has 34 heavy (non-hydrogen) atoms. The van der Waals surface area contributed by atoms with Gasteiger partial charge in [0.05, 0.1) is 11.1 Å². The Morgan fingerprint density at radius 1 is 0.941 bits per heavy atom. The molecule has 3 aromatic carbocycles. The Morgan fingerprint density at radius 3 is 2.26 bits per heavy atom. The van der Waals surface area contributed by atoms with Crippen molar-refractivity contribution >= 4 is 17.0 Å². The third-order valence-electron chi connectivity index (χ3n) is 7.31. The predicted octanol–water partition coefficient (Wildman–Crippen LogP) is 5.47. The van der Waals surface area contributed by atoms with E-state index in [1.807, 2.05) is 54.6 Å². The molecule has 0 unspecified atom stereocenters. The van der Waals surface area contributed by atoms with Crippen LogP contribution in [0.25, 0.3) is 22.0 Å². The number of carbonyl (C=O) groups is 1. The van der Waals surface area contributed by atoms with Gasteiger partial charge in [-0.25, -0.2) is 4.79 Å². The number of rotatable bonds is 3. The van der Waals surface area contributed by atoms with E-state index in [1.165, 1.54) is 22.3 Å². The van der Waals surface area contributed by atoms with E-state index in [0.29, 0.717) is 32.5 Å². The first-order valence-corrected chi connectivity index (χ1v) is 11.8. The molecule has 1 saturated heterocycles. The Kier molecular flexibility index (Phi) is 5.07. The molecule has 2 heterocycles. The molecular weight excluding hydrogens is 424 g/mol. The standard InChI is InChI=1S/C29H26N2O3/c32-28(34-19-26-24-10-4-2-8-22(24)23-9-3-5-11-25(23)26)31-15-13-29(33,14-16-31)21-17-20-7-1-6-12-27(20)30-18-21/h1-12,17-18,26,33H,13-16,19H2. The van der Waals surface area contributed by atoms with Crippen LogP contribution in [-0.2, 0) is 10.3 Å². The molecule has 1 fully saturated rings. The minimum absolute atomic E-state index is 0.0433. The zero-order valence-corrected chi connectivity index (χ0v) is 18.9. The van der Waals surface area contributed by atoms with Crippen LogP contribution in [0.4, 0.5) is 4.79 Å². The number of piperidine rings is 1. The summed E-state index contributed by atoms with van der Waals surface area (Å²) in [6.07, 6.45) is 2.35. The van der Waals surface area contributed by atoms with Crippen LogP contribution in [0.3, 0.4) is 0 Å². The Labute approximate surface area is 198 Å². The summed E-state index contributed by atoms with van der Waals surface area (Å²) in [6.45, 7) is 1.20. The Hall–Kier alpha value is -3.70. The smallest absolute Gasteiger partial charge is 0.409 e. The molecule has 0 radical (unpaired) electrons. The number of aliphatic hydroxyl groups is 1. The summed E-state index contributed by atoms with van der Waals surface area (Å²) in [5.74, 6) is 0.0433. The zero-order chi connectivity index (χ0) is 23.1. The van der Waals surface area contributed by atoms with E-state index in [-0.39, 0.29) is 12.0 Å². The normalized spacial score (nSPS) is 16.8. The van der Waals surface area contributed by atoms with E-state index in [2.05, 4.69) is 29.2 Å². The second-order valence-corrected chi connectivity index (χ2v) is 9.24. The second kappa shape index (κ2) is 8.26. The van der Waals surface area contributed by atoms with Crippen LogP contribution in [0.1, 0.15) is 35.4 Å². The van der Waals surface area contributed by atoms with Crippen molar-refractivity contribution in [3.63, 3.8) is 0 Å². The third-order valence-corrected chi connectivity index (χ3v) is 7.31. The van der Waals surface area contributed by atoms with Crippen molar-refractivity contribution in [1.82, 2.24) is 9.88 Å². The number of hydrogen-bond acceptors (Lipinski definition) is 4. The number of likely N-dealkylation sites (tertiary alicyclic amines) is 1. The fraction of sp³-hybridized carbons (Fsp3) is 0.241. The lowest BCUT2D eigenvalue weighted by Gasteiger charge is -2.38. The number of ether oxygens (including phenoxy) is 1. The average Bonchev–Trinajstić information content (AvgIpc) is 3.21. The topological polar surface area (TPSA) is 62.7 Å². The van der Waals surface area contributed by atoms with E-state index in [0.717, 1.165) is 16.5 Å². The maximum absolute atomic E-state index is 12.9. The van der Waals surface area contributed by atoms with Crippen molar-refractivity contribution in [2.75, 3.05) is 19.7 Å². The number of hydrogen-bond donors (Lipinski definition) is 1. The number of amides is 1.